The molecule has 0 heterocycles. The maximum absolute atomic E-state index is 11.3. The quantitative estimate of drug-likeness (QED) is 0.157. The normalized spacial score (nSPS) is 12.6. The molecule has 24 heavy (non-hydrogen) atoms. The molecule has 0 aliphatic carbocycles. The maximum atomic E-state index is 11.3. The molecule has 0 aliphatic heterocycles. The van der Waals surface area contributed by atoms with Crippen LogP contribution in [0, 0.1) is 0 Å². The summed E-state index contributed by atoms with van der Waals surface area (Å²) in [4.78, 5) is 11.3. The Hall–Kier alpha value is -0.790. The molecule has 2 heteroatoms. The number of carbonyl (C=O) groups excluding carboxylic acids is 1. The Morgan fingerprint density at radius 1 is 0.750 bits per heavy atom. The fourth-order valence-electron chi connectivity index (χ4n) is 3.03. The van der Waals surface area contributed by atoms with E-state index in [1.54, 1.807) is 0 Å². The number of esters is 1. The highest BCUT2D eigenvalue weighted by atomic mass is 16.5. The first-order valence-corrected chi connectivity index (χ1v) is 10.5. The predicted molar refractivity (Wildman–Crippen MR) is 105 cm³/mol. The number of carbonyl (C=O) groups is 1. The summed E-state index contributed by atoms with van der Waals surface area (Å²) in [6.07, 6.45) is 23.4. The molecule has 0 saturated heterocycles. The summed E-state index contributed by atoms with van der Waals surface area (Å²) >= 11 is 0. The number of hydrogen-bond donors (Lipinski definition) is 0. The van der Waals surface area contributed by atoms with Crippen LogP contribution in [0.2, 0.25) is 0 Å². The van der Waals surface area contributed by atoms with Crippen molar-refractivity contribution in [1.82, 2.24) is 0 Å². The molecule has 0 amide bonds. The van der Waals surface area contributed by atoms with Gasteiger partial charge in [-0.1, -0.05) is 83.8 Å². The highest BCUT2D eigenvalue weighted by Gasteiger charge is 2.10. The van der Waals surface area contributed by atoms with Crippen molar-refractivity contribution in [3.63, 3.8) is 0 Å². The third-order valence-corrected chi connectivity index (χ3v) is 4.51. The van der Waals surface area contributed by atoms with Crippen molar-refractivity contribution in [2.75, 3.05) is 0 Å². The van der Waals surface area contributed by atoms with Gasteiger partial charge in [0.1, 0.15) is 6.10 Å². The van der Waals surface area contributed by atoms with Gasteiger partial charge in [-0.05, 0) is 38.5 Å². The van der Waals surface area contributed by atoms with E-state index >= 15 is 0 Å². The van der Waals surface area contributed by atoms with E-state index in [0.717, 1.165) is 19.3 Å². The lowest BCUT2D eigenvalue weighted by atomic mass is 10.0. The van der Waals surface area contributed by atoms with Crippen LogP contribution in [0.1, 0.15) is 117 Å². The van der Waals surface area contributed by atoms with Crippen molar-refractivity contribution in [3.05, 3.63) is 12.2 Å². The highest BCUT2D eigenvalue weighted by molar-refractivity contribution is 5.66. The molecule has 0 rings (SSSR count). The molecule has 0 aromatic heterocycles. The Morgan fingerprint density at radius 2 is 1.29 bits per heavy atom. The minimum absolute atomic E-state index is 0.114. The zero-order chi connectivity index (χ0) is 17.9. The van der Waals surface area contributed by atoms with Gasteiger partial charge < -0.3 is 4.74 Å². The summed E-state index contributed by atoms with van der Waals surface area (Å²) in [6.45, 7) is 6.03. The molecule has 0 N–H and O–H groups in total. The average molecular weight is 339 g/mol. The van der Waals surface area contributed by atoms with Gasteiger partial charge in [-0.2, -0.15) is 0 Å². The Labute approximate surface area is 151 Å². The highest BCUT2D eigenvalue weighted by Crippen LogP contribution is 2.15. The lowest BCUT2D eigenvalue weighted by molar-refractivity contribution is -0.146. The number of allylic oxidation sites excluding steroid dienone is 2. The Balaban J connectivity index is 3.73. The van der Waals surface area contributed by atoms with Crippen LogP contribution in [0.15, 0.2) is 12.2 Å². The van der Waals surface area contributed by atoms with Crippen molar-refractivity contribution in [3.8, 4) is 0 Å². The van der Waals surface area contributed by atoms with Gasteiger partial charge in [0.05, 0.1) is 0 Å². The van der Waals surface area contributed by atoms with E-state index in [9.17, 15) is 4.79 Å². The molecule has 0 radical (unpaired) electrons. The van der Waals surface area contributed by atoms with Gasteiger partial charge in [-0.25, -0.2) is 0 Å². The van der Waals surface area contributed by atoms with Crippen LogP contribution in [0.5, 0.6) is 0 Å². The first-order chi connectivity index (χ1) is 11.7. The molecule has 0 saturated carbocycles. The number of rotatable bonds is 17. The first kappa shape index (κ1) is 23.2. The van der Waals surface area contributed by atoms with Crippen molar-refractivity contribution >= 4 is 5.97 Å². The van der Waals surface area contributed by atoms with Crippen LogP contribution in [0.3, 0.4) is 0 Å². The molecule has 0 fully saturated rings. The van der Waals surface area contributed by atoms with Crippen LogP contribution in [0.4, 0.5) is 0 Å². The standard InChI is InChI=1S/C22H42O2/c1-4-6-8-10-12-14-16-18-20-22(24-21(3)23)19-17-15-13-11-9-7-5-2/h14,16,22H,4-13,15,17-20H2,1-3H3/b16-14-. The predicted octanol–water partition coefficient (Wildman–Crippen LogP) is 7.37. The zero-order valence-electron chi connectivity index (χ0n) is 16.7. The minimum Gasteiger partial charge on any atom is -0.463 e. The van der Waals surface area contributed by atoms with E-state index in [0.29, 0.717) is 0 Å². The molecule has 0 bridgehead atoms. The van der Waals surface area contributed by atoms with E-state index in [1.807, 2.05) is 0 Å². The van der Waals surface area contributed by atoms with Crippen molar-refractivity contribution in [1.29, 1.82) is 0 Å². The third-order valence-electron chi connectivity index (χ3n) is 4.51. The summed E-state index contributed by atoms with van der Waals surface area (Å²) in [5.41, 5.74) is 0. The second-order valence-electron chi connectivity index (χ2n) is 7.04. The zero-order valence-corrected chi connectivity index (χ0v) is 16.7. The summed E-state index contributed by atoms with van der Waals surface area (Å²) in [5.74, 6) is -0.133. The van der Waals surface area contributed by atoms with Crippen molar-refractivity contribution < 1.29 is 9.53 Å². The van der Waals surface area contributed by atoms with Crippen molar-refractivity contribution in [2.45, 2.75) is 123 Å². The van der Waals surface area contributed by atoms with Crippen LogP contribution < -0.4 is 0 Å². The first-order valence-electron chi connectivity index (χ1n) is 10.5. The molecule has 0 aliphatic rings. The Morgan fingerprint density at radius 3 is 1.92 bits per heavy atom. The SMILES string of the molecule is CCCCCC/C=C\CCC(CCCCCCCCC)OC(C)=O. The summed E-state index contributed by atoms with van der Waals surface area (Å²) < 4.78 is 5.48. The van der Waals surface area contributed by atoms with E-state index < -0.39 is 0 Å². The van der Waals surface area contributed by atoms with Gasteiger partial charge in [0.2, 0.25) is 0 Å². The molecule has 1 unspecified atom stereocenters. The molecule has 0 aromatic rings. The Kier molecular flexibility index (Phi) is 17.9. The van der Waals surface area contributed by atoms with Crippen LogP contribution in [-0.4, -0.2) is 12.1 Å². The van der Waals surface area contributed by atoms with Gasteiger partial charge >= 0.3 is 5.97 Å². The third kappa shape index (κ3) is 17.6. The number of unbranched alkanes of at least 4 members (excludes halogenated alkanes) is 10. The maximum Gasteiger partial charge on any atom is 0.302 e. The second kappa shape index (κ2) is 18.5. The smallest absolute Gasteiger partial charge is 0.302 e. The average Bonchev–Trinajstić information content (AvgIpc) is 2.55. The Bertz CT molecular complexity index is 296. The minimum atomic E-state index is -0.133. The van der Waals surface area contributed by atoms with Crippen LogP contribution >= 0.6 is 0 Å². The number of ether oxygens (including phenoxy) is 1. The monoisotopic (exact) mass is 338 g/mol. The number of hydrogen-bond acceptors (Lipinski definition) is 2. The van der Waals surface area contributed by atoms with Gasteiger partial charge in [0.15, 0.2) is 0 Å². The van der Waals surface area contributed by atoms with Gasteiger partial charge in [-0.15, -0.1) is 0 Å². The molecule has 142 valence electrons. The largest absolute Gasteiger partial charge is 0.463 e. The van der Waals surface area contributed by atoms with Crippen LogP contribution in [-0.2, 0) is 9.53 Å². The fourth-order valence-corrected chi connectivity index (χ4v) is 3.03. The second-order valence-corrected chi connectivity index (χ2v) is 7.04. The molecule has 0 spiro atoms. The van der Waals surface area contributed by atoms with Gasteiger partial charge in [0, 0.05) is 6.92 Å². The topological polar surface area (TPSA) is 26.3 Å². The molecule has 1 atom stereocenters. The molecular formula is C22H42O2. The van der Waals surface area contributed by atoms with E-state index in [1.165, 1.54) is 84.0 Å². The van der Waals surface area contributed by atoms with E-state index in [-0.39, 0.29) is 12.1 Å². The van der Waals surface area contributed by atoms with Gasteiger partial charge in [0.25, 0.3) is 0 Å². The summed E-state index contributed by atoms with van der Waals surface area (Å²) in [6, 6.07) is 0. The van der Waals surface area contributed by atoms with Crippen LogP contribution in [0.25, 0.3) is 0 Å². The molecular weight excluding hydrogens is 296 g/mol. The summed E-state index contributed by atoms with van der Waals surface area (Å²) in [7, 11) is 0. The fraction of sp³-hybridized carbons (Fsp3) is 0.864. The van der Waals surface area contributed by atoms with Gasteiger partial charge in [-0.3, -0.25) is 4.79 Å². The van der Waals surface area contributed by atoms with E-state index in [2.05, 4.69) is 26.0 Å². The van der Waals surface area contributed by atoms with Crippen molar-refractivity contribution in [2.24, 2.45) is 0 Å². The lowest BCUT2D eigenvalue weighted by Crippen LogP contribution is -2.16. The summed E-state index contributed by atoms with van der Waals surface area (Å²) in [5, 5.41) is 0. The lowest BCUT2D eigenvalue weighted by Gasteiger charge is -2.16. The molecule has 2 nitrogen and oxygen atoms in total. The molecule has 0 aromatic carbocycles. The van der Waals surface area contributed by atoms with E-state index in [4.69, 9.17) is 4.74 Å².